The Bertz CT molecular complexity index is 450. The van der Waals surface area contributed by atoms with Crippen molar-refractivity contribution in [3.8, 4) is 0 Å². The predicted octanol–water partition coefficient (Wildman–Crippen LogP) is 3.09. The molecule has 0 aliphatic heterocycles. The van der Waals surface area contributed by atoms with E-state index in [4.69, 9.17) is 11.6 Å². The first-order valence-corrected chi connectivity index (χ1v) is 7.94. The predicted molar refractivity (Wildman–Crippen MR) is 78.5 cm³/mol. The molecule has 0 amide bonds. The molecule has 1 N–H and O–H groups in total. The van der Waals surface area contributed by atoms with E-state index < -0.39 is 0 Å². The maximum absolute atomic E-state index is 6.38. The minimum absolute atomic E-state index is 0.776. The maximum atomic E-state index is 6.38. The van der Waals surface area contributed by atoms with Gasteiger partial charge in [-0.1, -0.05) is 18.0 Å². The number of hydrogen-bond donors (Lipinski definition) is 1. The van der Waals surface area contributed by atoms with Crippen molar-refractivity contribution in [2.24, 2.45) is 18.9 Å². The molecular weight excluding hydrogens is 258 g/mol. The van der Waals surface area contributed by atoms with Crippen LogP contribution in [0.2, 0.25) is 5.02 Å². The van der Waals surface area contributed by atoms with Gasteiger partial charge in [0.05, 0.1) is 16.4 Å². The summed E-state index contributed by atoms with van der Waals surface area (Å²) < 4.78 is 1.97. The molecule has 2 fully saturated rings. The Kier molecular flexibility index (Phi) is 3.86. The molecule has 2 aliphatic rings. The Hall–Kier alpha value is -0.540. The van der Waals surface area contributed by atoms with E-state index in [0.29, 0.717) is 0 Å². The van der Waals surface area contributed by atoms with Crippen LogP contribution < -0.4 is 5.32 Å². The van der Waals surface area contributed by atoms with Crippen molar-refractivity contribution in [3.05, 3.63) is 16.4 Å². The first-order valence-electron chi connectivity index (χ1n) is 7.56. The van der Waals surface area contributed by atoms with E-state index in [2.05, 4.69) is 10.4 Å². The highest BCUT2D eigenvalue weighted by molar-refractivity contribution is 6.31. The first kappa shape index (κ1) is 13.4. The number of nitrogens with one attached hydrogen (secondary N) is 1. The standard InChI is InChI=1S/C15H24ClN3/c1-10-15(16)14(19(2)18-10)8-11-4-3-5-12(11)9-17-13-6-7-13/h11-13,17H,3-9H2,1-2H3. The lowest BCUT2D eigenvalue weighted by molar-refractivity contribution is 0.358. The second kappa shape index (κ2) is 5.45. The van der Waals surface area contributed by atoms with E-state index in [1.165, 1.54) is 44.3 Å². The van der Waals surface area contributed by atoms with Crippen LogP contribution in [-0.4, -0.2) is 22.4 Å². The molecule has 1 aromatic heterocycles. The van der Waals surface area contributed by atoms with Gasteiger partial charge in [-0.05, 0) is 57.4 Å². The van der Waals surface area contributed by atoms with Crippen LogP contribution in [0.15, 0.2) is 0 Å². The summed E-state index contributed by atoms with van der Waals surface area (Å²) in [5.74, 6) is 1.60. The Morgan fingerprint density at radius 3 is 2.63 bits per heavy atom. The fourth-order valence-electron chi connectivity index (χ4n) is 3.41. The largest absolute Gasteiger partial charge is 0.314 e. The number of rotatable bonds is 5. The fourth-order valence-corrected chi connectivity index (χ4v) is 3.64. The minimum Gasteiger partial charge on any atom is -0.314 e. The monoisotopic (exact) mass is 281 g/mol. The molecular formula is C15H24ClN3. The van der Waals surface area contributed by atoms with Crippen LogP contribution in [0.4, 0.5) is 0 Å². The first-order chi connectivity index (χ1) is 9.15. The Morgan fingerprint density at radius 1 is 1.26 bits per heavy atom. The lowest BCUT2D eigenvalue weighted by Gasteiger charge is -2.20. The Labute approximate surface area is 120 Å². The van der Waals surface area contributed by atoms with Gasteiger partial charge in [-0.3, -0.25) is 4.68 Å². The lowest BCUT2D eigenvalue weighted by Crippen LogP contribution is -2.28. The second-order valence-electron chi connectivity index (χ2n) is 6.31. The number of hydrogen-bond acceptors (Lipinski definition) is 2. The van der Waals surface area contributed by atoms with Crippen molar-refractivity contribution in [2.75, 3.05) is 6.54 Å². The summed E-state index contributed by atoms with van der Waals surface area (Å²) in [6, 6.07) is 0.823. The third-order valence-corrected chi connectivity index (χ3v) is 5.27. The molecule has 2 aliphatic carbocycles. The summed E-state index contributed by atoms with van der Waals surface area (Å²) in [6.45, 7) is 3.19. The highest BCUT2D eigenvalue weighted by Crippen LogP contribution is 2.36. The van der Waals surface area contributed by atoms with Gasteiger partial charge in [0.25, 0.3) is 0 Å². The molecule has 106 valence electrons. The number of aryl methyl sites for hydroxylation is 2. The highest BCUT2D eigenvalue weighted by Gasteiger charge is 2.31. The van der Waals surface area contributed by atoms with Gasteiger partial charge in [-0.2, -0.15) is 5.10 Å². The van der Waals surface area contributed by atoms with Gasteiger partial charge in [0.2, 0.25) is 0 Å². The number of halogens is 1. The number of aromatic nitrogens is 2. The topological polar surface area (TPSA) is 29.9 Å². The molecule has 3 rings (SSSR count). The van der Waals surface area contributed by atoms with Gasteiger partial charge in [0.15, 0.2) is 0 Å². The lowest BCUT2D eigenvalue weighted by atomic mass is 9.91. The molecule has 0 saturated heterocycles. The van der Waals surface area contributed by atoms with Gasteiger partial charge < -0.3 is 5.32 Å². The van der Waals surface area contributed by atoms with E-state index in [-0.39, 0.29) is 0 Å². The SMILES string of the molecule is Cc1nn(C)c(CC2CCCC2CNC2CC2)c1Cl. The summed E-state index contributed by atoms with van der Waals surface area (Å²) in [6.07, 6.45) is 7.94. The highest BCUT2D eigenvalue weighted by atomic mass is 35.5. The van der Waals surface area contributed by atoms with Crippen LogP contribution >= 0.6 is 11.6 Å². The van der Waals surface area contributed by atoms with Crippen molar-refractivity contribution in [1.29, 1.82) is 0 Å². The van der Waals surface area contributed by atoms with Crippen LogP contribution in [0, 0.1) is 18.8 Å². The van der Waals surface area contributed by atoms with Crippen LogP contribution in [0.3, 0.4) is 0 Å². The molecule has 3 nitrogen and oxygen atoms in total. The average molecular weight is 282 g/mol. The van der Waals surface area contributed by atoms with Crippen molar-refractivity contribution in [2.45, 2.75) is 51.5 Å². The average Bonchev–Trinajstić information content (AvgIpc) is 3.06. The summed E-state index contributed by atoms with van der Waals surface area (Å²) in [7, 11) is 2.01. The molecule has 0 aromatic carbocycles. The van der Waals surface area contributed by atoms with Gasteiger partial charge in [0, 0.05) is 13.1 Å². The zero-order valence-corrected chi connectivity index (χ0v) is 12.7. The van der Waals surface area contributed by atoms with E-state index in [1.54, 1.807) is 0 Å². The normalized spacial score (nSPS) is 27.1. The van der Waals surface area contributed by atoms with Gasteiger partial charge in [-0.25, -0.2) is 0 Å². The Balaban J connectivity index is 1.63. The molecule has 0 bridgehead atoms. The quantitative estimate of drug-likeness (QED) is 0.899. The zero-order valence-electron chi connectivity index (χ0n) is 12.0. The van der Waals surface area contributed by atoms with E-state index in [9.17, 15) is 0 Å². The van der Waals surface area contributed by atoms with Gasteiger partial charge in [0.1, 0.15) is 0 Å². The van der Waals surface area contributed by atoms with Crippen molar-refractivity contribution in [1.82, 2.24) is 15.1 Å². The molecule has 1 heterocycles. The summed E-state index contributed by atoms with van der Waals surface area (Å²) in [5.41, 5.74) is 2.19. The van der Waals surface area contributed by atoms with Crippen molar-refractivity contribution < 1.29 is 0 Å². The maximum Gasteiger partial charge on any atom is 0.0847 e. The molecule has 0 radical (unpaired) electrons. The van der Waals surface area contributed by atoms with E-state index in [0.717, 1.165) is 35.0 Å². The molecule has 4 heteroatoms. The third kappa shape index (κ3) is 2.97. The molecule has 2 unspecified atom stereocenters. The molecule has 19 heavy (non-hydrogen) atoms. The smallest absolute Gasteiger partial charge is 0.0847 e. The molecule has 1 aromatic rings. The number of nitrogens with zero attached hydrogens (tertiary/aromatic N) is 2. The third-order valence-electron chi connectivity index (χ3n) is 4.78. The molecule has 2 atom stereocenters. The van der Waals surface area contributed by atoms with Crippen LogP contribution in [0.25, 0.3) is 0 Å². The van der Waals surface area contributed by atoms with E-state index in [1.807, 2.05) is 18.7 Å². The summed E-state index contributed by atoms with van der Waals surface area (Å²) >= 11 is 6.38. The second-order valence-corrected chi connectivity index (χ2v) is 6.69. The summed E-state index contributed by atoms with van der Waals surface area (Å²) in [4.78, 5) is 0. The van der Waals surface area contributed by atoms with Crippen LogP contribution in [0.5, 0.6) is 0 Å². The Morgan fingerprint density at radius 2 is 2.00 bits per heavy atom. The van der Waals surface area contributed by atoms with Crippen LogP contribution in [-0.2, 0) is 13.5 Å². The van der Waals surface area contributed by atoms with Crippen LogP contribution in [0.1, 0.15) is 43.5 Å². The molecule has 2 saturated carbocycles. The zero-order chi connectivity index (χ0) is 13.4. The fraction of sp³-hybridized carbons (Fsp3) is 0.800. The molecule has 0 spiro atoms. The van der Waals surface area contributed by atoms with Gasteiger partial charge >= 0.3 is 0 Å². The summed E-state index contributed by atoms with van der Waals surface area (Å²) in [5, 5.41) is 9.00. The van der Waals surface area contributed by atoms with Crippen molar-refractivity contribution in [3.63, 3.8) is 0 Å². The minimum atomic E-state index is 0.776. The van der Waals surface area contributed by atoms with Gasteiger partial charge in [-0.15, -0.1) is 0 Å². The van der Waals surface area contributed by atoms with E-state index >= 15 is 0 Å². The van der Waals surface area contributed by atoms with Crippen molar-refractivity contribution >= 4 is 11.6 Å².